The molecule has 178 valence electrons. The van der Waals surface area contributed by atoms with Gasteiger partial charge in [-0.15, -0.1) is 0 Å². The molecule has 3 heterocycles. The van der Waals surface area contributed by atoms with Crippen molar-refractivity contribution < 1.29 is 4.79 Å². The molecule has 1 aliphatic heterocycles. The molecule has 7 heteroatoms. The van der Waals surface area contributed by atoms with E-state index in [4.69, 9.17) is 5.73 Å². The minimum absolute atomic E-state index is 0.106. The van der Waals surface area contributed by atoms with Gasteiger partial charge in [-0.1, -0.05) is 25.0 Å². The Labute approximate surface area is 201 Å². The van der Waals surface area contributed by atoms with Crippen LogP contribution in [0.4, 0.5) is 5.82 Å². The normalized spacial score (nSPS) is 17.9. The van der Waals surface area contributed by atoms with Gasteiger partial charge >= 0.3 is 0 Å². The molecule has 2 aliphatic rings. The van der Waals surface area contributed by atoms with Crippen LogP contribution in [0.25, 0.3) is 10.8 Å². The highest BCUT2D eigenvalue weighted by Gasteiger charge is 2.22. The maximum absolute atomic E-state index is 12.8. The van der Waals surface area contributed by atoms with E-state index in [9.17, 15) is 4.79 Å². The largest absolute Gasteiger partial charge is 0.383 e. The van der Waals surface area contributed by atoms with Crippen LogP contribution in [0, 0.1) is 5.92 Å². The second-order valence-corrected chi connectivity index (χ2v) is 9.74. The Kier molecular flexibility index (Phi) is 7.02. The van der Waals surface area contributed by atoms with E-state index in [1.807, 2.05) is 36.5 Å². The molecule has 0 unspecified atom stereocenters. The number of amides is 1. The van der Waals surface area contributed by atoms with Gasteiger partial charge in [0.05, 0.1) is 5.56 Å². The molecule has 0 atom stereocenters. The van der Waals surface area contributed by atoms with Gasteiger partial charge in [0, 0.05) is 69.8 Å². The standard InChI is InChI=1S/C27H34N6O/c28-26-25-6-5-21(13-23(25)7-8-30-26)16-31-27(34)24-14-22(15-29-17-24)19-33-11-9-32(10-12-33)18-20-3-1-2-4-20/h5-8,13-15,17,20H,1-4,9-12,16,18-19H2,(H2,28,30)(H,31,34). The van der Waals surface area contributed by atoms with E-state index < -0.39 is 0 Å². The van der Waals surface area contributed by atoms with E-state index >= 15 is 0 Å². The number of nitrogens with one attached hydrogen (secondary N) is 1. The van der Waals surface area contributed by atoms with Gasteiger partial charge in [-0.25, -0.2) is 4.98 Å². The van der Waals surface area contributed by atoms with Gasteiger partial charge in [-0.3, -0.25) is 14.7 Å². The topological polar surface area (TPSA) is 87.4 Å². The SMILES string of the molecule is Nc1nccc2cc(CNC(=O)c3cncc(CN4CCN(CC5CCCC5)CC4)c3)ccc12. The monoisotopic (exact) mass is 458 g/mol. The van der Waals surface area contributed by atoms with Crippen molar-refractivity contribution in [3.8, 4) is 0 Å². The number of nitrogen functional groups attached to an aromatic ring is 1. The molecule has 0 bridgehead atoms. The molecule has 1 amide bonds. The zero-order valence-corrected chi connectivity index (χ0v) is 19.7. The minimum atomic E-state index is -0.106. The highest BCUT2D eigenvalue weighted by atomic mass is 16.1. The van der Waals surface area contributed by atoms with E-state index in [2.05, 4.69) is 25.1 Å². The van der Waals surface area contributed by atoms with Crippen LogP contribution in [0.2, 0.25) is 0 Å². The van der Waals surface area contributed by atoms with Crippen molar-refractivity contribution in [2.75, 3.05) is 38.5 Å². The van der Waals surface area contributed by atoms with Gasteiger partial charge in [0.25, 0.3) is 5.91 Å². The average molecular weight is 459 g/mol. The summed E-state index contributed by atoms with van der Waals surface area (Å²) < 4.78 is 0. The van der Waals surface area contributed by atoms with Crippen molar-refractivity contribution in [1.82, 2.24) is 25.1 Å². The van der Waals surface area contributed by atoms with Crippen molar-refractivity contribution in [1.29, 1.82) is 0 Å². The van der Waals surface area contributed by atoms with Crippen LogP contribution in [-0.2, 0) is 13.1 Å². The molecule has 1 saturated heterocycles. The number of pyridine rings is 2. The van der Waals surface area contributed by atoms with E-state index in [1.54, 1.807) is 12.4 Å². The summed E-state index contributed by atoms with van der Waals surface area (Å²) in [5.41, 5.74) is 8.64. The lowest BCUT2D eigenvalue weighted by Gasteiger charge is -2.36. The van der Waals surface area contributed by atoms with Crippen molar-refractivity contribution >= 4 is 22.5 Å². The van der Waals surface area contributed by atoms with Gasteiger partial charge in [0.15, 0.2) is 0 Å². The number of anilines is 1. The number of piperazine rings is 1. The molecule has 1 aliphatic carbocycles. The maximum atomic E-state index is 12.8. The summed E-state index contributed by atoms with van der Waals surface area (Å²) >= 11 is 0. The van der Waals surface area contributed by atoms with Crippen molar-refractivity contribution in [2.45, 2.75) is 38.8 Å². The predicted octanol–water partition coefficient (Wildman–Crippen LogP) is 3.45. The van der Waals surface area contributed by atoms with Gasteiger partial charge < -0.3 is 16.0 Å². The zero-order valence-electron chi connectivity index (χ0n) is 19.7. The summed E-state index contributed by atoms with van der Waals surface area (Å²) in [4.78, 5) is 26.4. The number of nitrogens with two attached hydrogens (primary N) is 1. The van der Waals surface area contributed by atoms with Crippen LogP contribution >= 0.6 is 0 Å². The molecule has 2 fully saturated rings. The minimum Gasteiger partial charge on any atom is -0.383 e. The van der Waals surface area contributed by atoms with Crippen LogP contribution in [0.1, 0.15) is 47.2 Å². The van der Waals surface area contributed by atoms with Crippen LogP contribution in [-0.4, -0.2) is 58.4 Å². The van der Waals surface area contributed by atoms with Gasteiger partial charge in [-0.2, -0.15) is 0 Å². The van der Waals surface area contributed by atoms with Gasteiger partial charge in [0.2, 0.25) is 0 Å². The molecule has 1 aromatic carbocycles. The number of nitrogens with zero attached hydrogens (tertiary/aromatic N) is 4. The van der Waals surface area contributed by atoms with Crippen molar-refractivity contribution in [2.24, 2.45) is 5.92 Å². The average Bonchev–Trinajstić information content (AvgIpc) is 3.37. The Balaban J connectivity index is 1.13. The summed E-state index contributed by atoms with van der Waals surface area (Å²) in [6.07, 6.45) is 10.9. The summed E-state index contributed by atoms with van der Waals surface area (Å²) in [6, 6.07) is 9.87. The molecule has 2 aromatic heterocycles. The van der Waals surface area contributed by atoms with Gasteiger partial charge in [0.1, 0.15) is 5.82 Å². The second kappa shape index (κ2) is 10.5. The Morgan fingerprint density at radius 3 is 2.62 bits per heavy atom. The fourth-order valence-corrected chi connectivity index (χ4v) is 5.29. The molecular weight excluding hydrogens is 424 g/mol. The molecule has 34 heavy (non-hydrogen) atoms. The number of hydrogen-bond acceptors (Lipinski definition) is 6. The van der Waals surface area contributed by atoms with Crippen LogP contribution < -0.4 is 11.1 Å². The summed E-state index contributed by atoms with van der Waals surface area (Å²) in [7, 11) is 0. The van der Waals surface area contributed by atoms with E-state index in [1.165, 1.54) is 32.2 Å². The molecule has 5 rings (SSSR count). The number of aromatic nitrogens is 2. The zero-order chi connectivity index (χ0) is 23.3. The molecule has 0 spiro atoms. The van der Waals surface area contributed by atoms with Crippen molar-refractivity contribution in [3.63, 3.8) is 0 Å². The van der Waals surface area contributed by atoms with E-state index in [0.717, 1.165) is 60.5 Å². The van der Waals surface area contributed by atoms with Crippen LogP contribution in [0.5, 0.6) is 0 Å². The first-order chi connectivity index (χ1) is 16.6. The number of carbonyl (C=O) groups is 1. The molecule has 7 nitrogen and oxygen atoms in total. The predicted molar refractivity (Wildman–Crippen MR) is 135 cm³/mol. The lowest BCUT2D eigenvalue weighted by Crippen LogP contribution is -2.47. The van der Waals surface area contributed by atoms with Gasteiger partial charge in [-0.05, 0) is 53.5 Å². The number of rotatable bonds is 7. The van der Waals surface area contributed by atoms with Crippen LogP contribution in [0.15, 0.2) is 48.9 Å². The lowest BCUT2D eigenvalue weighted by atomic mass is 10.1. The number of carbonyl (C=O) groups excluding carboxylic acids is 1. The lowest BCUT2D eigenvalue weighted by molar-refractivity contribution is 0.0950. The first-order valence-electron chi connectivity index (χ1n) is 12.4. The van der Waals surface area contributed by atoms with Crippen molar-refractivity contribution in [3.05, 3.63) is 65.6 Å². The fraction of sp³-hybridized carbons (Fsp3) is 0.444. The summed E-state index contributed by atoms with van der Waals surface area (Å²) in [6.45, 7) is 6.98. The van der Waals surface area contributed by atoms with Crippen LogP contribution in [0.3, 0.4) is 0 Å². The Hall–Kier alpha value is -3.03. The quantitative estimate of drug-likeness (QED) is 0.564. The smallest absolute Gasteiger partial charge is 0.253 e. The third-order valence-corrected chi connectivity index (χ3v) is 7.23. The number of hydrogen-bond donors (Lipinski definition) is 2. The summed E-state index contributed by atoms with van der Waals surface area (Å²) in [5, 5.41) is 4.96. The fourth-order valence-electron chi connectivity index (χ4n) is 5.29. The second-order valence-electron chi connectivity index (χ2n) is 9.74. The third-order valence-electron chi connectivity index (χ3n) is 7.23. The Morgan fingerprint density at radius 2 is 1.79 bits per heavy atom. The number of benzene rings is 1. The first kappa shape index (κ1) is 22.7. The maximum Gasteiger partial charge on any atom is 0.253 e. The highest BCUT2D eigenvalue weighted by Crippen LogP contribution is 2.26. The molecular formula is C27H34N6O. The molecule has 1 saturated carbocycles. The Morgan fingerprint density at radius 1 is 1.00 bits per heavy atom. The van der Waals surface area contributed by atoms with E-state index in [-0.39, 0.29) is 5.91 Å². The summed E-state index contributed by atoms with van der Waals surface area (Å²) in [5.74, 6) is 1.33. The molecule has 0 radical (unpaired) electrons. The third kappa shape index (κ3) is 5.54. The van der Waals surface area contributed by atoms with E-state index in [0.29, 0.717) is 17.9 Å². The first-order valence-corrected chi connectivity index (χ1v) is 12.4. The number of fused-ring (bicyclic) bond motifs is 1. The highest BCUT2D eigenvalue weighted by molar-refractivity contribution is 5.94. The Bertz CT molecular complexity index is 1130. The molecule has 3 N–H and O–H groups in total. The molecule has 3 aromatic rings.